The molecular weight excluding hydrogens is 266 g/mol. The van der Waals surface area contributed by atoms with Gasteiger partial charge in [-0.05, 0) is 31.0 Å². The predicted octanol–water partition coefficient (Wildman–Crippen LogP) is 0.480. The molecule has 0 aliphatic heterocycles. The molecule has 19 heavy (non-hydrogen) atoms. The van der Waals surface area contributed by atoms with Crippen LogP contribution in [-0.2, 0) is 10.0 Å². The molecule has 1 aliphatic rings. The maximum atomic E-state index is 12.2. The van der Waals surface area contributed by atoms with E-state index in [1.807, 2.05) is 0 Å². The fourth-order valence-electron chi connectivity index (χ4n) is 1.59. The number of rotatable bonds is 4. The number of aliphatic hydroxyl groups excluding tert-OH is 1. The Bertz CT molecular complexity index is 624. The Morgan fingerprint density at radius 3 is 2.79 bits per heavy atom. The van der Waals surface area contributed by atoms with Crippen molar-refractivity contribution in [2.75, 3.05) is 13.7 Å². The van der Waals surface area contributed by atoms with Crippen LogP contribution in [0.25, 0.3) is 0 Å². The maximum absolute atomic E-state index is 12.2. The molecule has 0 spiro atoms. The third kappa shape index (κ3) is 3.47. The minimum absolute atomic E-state index is 0.0295. The molecule has 0 radical (unpaired) electrons. The van der Waals surface area contributed by atoms with E-state index in [1.165, 1.54) is 13.2 Å². The summed E-state index contributed by atoms with van der Waals surface area (Å²) in [4.78, 5) is 0.0756. The number of hydrogen-bond donors (Lipinski definition) is 2. The molecule has 0 heterocycles. The van der Waals surface area contributed by atoms with Crippen molar-refractivity contribution in [2.45, 2.75) is 23.8 Å². The second-order valence-corrected chi connectivity index (χ2v) is 5.90. The molecule has 0 unspecified atom stereocenters. The summed E-state index contributed by atoms with van der Waals surface area (Å²) in [7, 11) is -2.17. The summed E-state index contributed by atoms with van der Waals surface area (Å²) in [6, 6.07) is 4.69. The Hall–Kier alpha value is -1.55. The fourth-order valence-corrected chi connectivity index (χ4v) is 3.09. The van der Waals surface area contributed by atoms with Gasteiger partial charge in [0.15, 0.2) is 0 Å². The summed E-state index contributed by atoms with van der Waals surface area (Å²) in [6.07, 6.45) is 1.73. The highest BCUT2D eigenvalue weighted by Gasteiger charge is 2.29. The lowest BCUT2D eigenvalue weighted by molar-refractivity contribution is 0.350. The number of methoxy groups -OCH3 is 1. The molecule has 2 rings (SSSR count). The summed E-state index contributed by atoms with van der Waals surface area (Å²) < 4.78 is 32.1. The Labute approximate surface area is 112 Å². The Morgan fingerprint density at radius 2 is 2.21 bits per heavy atom. The normalized spacial score (nSPS) is 14.6. The Morgan fingerprint density at radius 1 is 1.47 bits per heavy atom. The highest BCUT2D eigenvalue weighted by molar-refractivity contribution is 7.89. The van der Waals surface area contributed by atoms with Gasteiger partial charge in [0.2, 0.25) is 10.0 Å². The third-order valence-electron chi connectivity index (χ3n) is 2.66. The van der Waals surface area contributed by atoms with Crippen LogP contribution in [0.15, 0.2) is 23.1 Å². The van der Waals surface area contributed by atoms with E-state index in [1.54, 1.807) is 12.1 Å². The number of benzene rings is 1. The second-order valence-electron chi connectivity index (χ2n) is 4.22. The van der Waals surface area contributed by atoms with Crippen LogP contribution < -0.4 is 9.46 Å². The molecule has 0 bridgehead atoms. The van der Waals surface area contributed by atoms with Crippen molar-refractivity contribution >= 4 is 10.0 Å². The Kier molecular flexibility index (Phi) is 4.10. The van der Waals surface area contributed by atoms with E-state index in [2.05, 4.69) is 16.6 Å². The number of aliphatic hydroxyl groups is 1. The van der Waals surface area contributed by atoms with Gasteiger partial charge in [0.1, 0.15) is 17.3 Å². The van der Waals surface area contributed by atoms with Crippen LogP contribution in [-0.4, -0.2) is 33.3 Å². The average Bonchev–Trinajstić information content (AvgIpc) is 3.19. The highest BCUT2D eigenvalue weighted by atomic mass is 32.2. The Balaban J connectivity index is 2.40. The van der Waals surface area contributed by atoms with E-state index in [0.717, 1.165) is 12.8 Å². The molecule has 5 nitrogen and oxygen atoms in total. The number of ether oxygens (including phenoxy) is 1. The molecule has 1 aliphatic carbocycles. The van der Waals surface area contributed by atoms with E-state index < -0.39 is 10.0 Å². The first kappa shape index (κ1) is 13.9. The molecule has 1 saturated carbocycles. The maximum Gasteiger partial charge on any atom is 0.244 e. The van der Waals surface area contributed by atoms with Crippen molar-refractivity contribution in [3.8, 4) is 17.6 Å². The van der Waals surface area contributed by atoms with Gasteiger partial charge in [0, 0.05) is 11.6 Å². The number of sulfonamides is 1. The SMILES string of the molecule is COc1ccc(C#CCO)cc1S(=O)(=O)NC1CC1. The molecule has 0 aromatic heterocycles. The van der Waals surface area contributed by atoms with Crippen molar-refractivity contribution in [3.63, 3.8) is 0 Å². The molecule has 6 heteroatoms. The van der Waals surface area contributed by atoms with E-state index in [4.69, 9.17) is 9.84 Å². The molecule has 0 atom stereocenters. The van der Waals surface area contributed by atoms with Gasteiger partial charge >= 0.3 is 0 Å². The van der Waals surface area contributed by atoms with Gasteiger partial charge in [0.05, 0.1) is 7.11 Å². The zero-order chi connectivity index (χ0) is 13.9. The molecule has 0 amide bonds. The molecule has 1 aromatic rings. The summed E-state index contributed by atoms with van der Waals surface area (Å²) in [5.41, 5.74) is 0.519. The van der Waals surface area contributed by atoms with E-state index >= 15 is 0 Å². The van der Waals surface area contributed by atoms with Gasteiger partial charge < -0.3 is 9.84 Å². The van der Waals surface area contributed by atoms with Crippen molar-refractivity contribution in [3.05, 3.63) is 23.8 Å². The monoisotopic (exact) mass is 281 g/mol. The van der Waals surface area contributed by atoms with Crippen LogP contribution in [0.2, 0.25) is 0 Å². The fraction of sp³-hybridized carbons (Fsp3) is 0.385. The van der Waals surface area contributed by atoms with Crippen molar-refractivity contribution in [1.29, 1.82) is 0 Å². The zero-order valence-corrected chi connectivity index (χ0v) is 11.3. The van der Waals surface area contributed by atoms with E-state index in [9.17, 15) is 8.42 Å². The van der Waals surface area contributed by atoms with Gasteiger partial charge in [-0.3, -0.25) is 0 Å². The lowest BCUT2D eigenvalue weighted by atomic mass is 10.2. The topological polar surface area (TPSA) is 75.6 Å². The number of nitrogens with one attached hydrogen (secondary N) is 1. The molecule has 2 N–H and O–H groups in total. The van der Waals surface area contributed by atoms with Gasteiger partial charge in [-0.25, -0.2) is 13.1 Å². The van der Waals surface area contributed by atoms with Gasteiger partial charge in [-0.2, -0.15) is 0 Å². The first-order valence-electron chi connectivity index (χ1n) is 5.87. The van der Waals surface area contributed by atoms with E-state index in [0.29, 0.717) is 5.56 Å². The van der Waals surface area contributed by atoms with Crippen LogP contribution in [0.4, 0.5) is 0 Å². The van der Waals surface area contributed by atoms with Crippen molar-refractivity contribution in [2.24, 2.45) is 0 Å². The molecule has 0 saturated heterocycles. The van der Waals surface area contributed by atoms with Crippen LogP contribution in [0, 0.1) is 11.8 Å². The summed E-state index contributed by atoms with van der Waals surface area (Å²) in [5.74, 6) is 5.44. The van der Waals surface area contributed by atoms with Gasteiger partial charge in [-0.15, -0.1) is 0 Å². The highest BCUT2D eigenvalue weighted by Crippen LogP contribution is 2.28. The molecule has 102 valence electrons. The minimum atomic E-state index is -3.59. The van der Waals surface area contributed by atoms with Crippen LogP contribution in [0.5, 0.6) is 5.75 Å². The third-order valence-corrected chi connectivity index (χ3v) is 4.21. The number of hydrogen-bond acceptors (Lipinski definition) is 4. The second kappa shape index (κ2) is 5.61. The molecule has 1 fully saturated rings. The van der Waals surface area contributed by atoms with Crippen molar-refractivity contribution < 1.29 is 18.3 Å². The lowest BCUT2D eigenvalue weighted by Gasteiger charge is -2.10. The summed E-state index contributed by atoms with van der Waals surface area (Å²) >= 11 is 0. The minimum Gasteiger partial charge on any atom is -0.495 e. The smallest absolute Gasteiger partial charge is 0.244 e. The van der Waals surface area contributed by atoms with Gasteiger partial charge in [-0.1, -0.05) is 11.8 Å². The van der Waals surface area contributed by atoms with Crippen molar-refractivity contribution in [1.82, 2.24) is 4.72 Å². The van der Waals surface area contributed by atoms with Crippen LogP contribution in [0.3, 0.4) is 0 Å². The van der Waals surface area contributed by atoms with Crippen LogP contribution in [0.1, 0.15) is 18.4 Å². The average molecular weight is 281 g/mol. The molecular formula is C13H15NO4S. The zero-order valence-electron chi connectivity index (χ0n) is 10.5. The first-order chi connectivity index (χ1) is 9.06. The van der Waals surface area contributed by atoms with E-state index in [-0.39, 0.29) is 23.3 Å². The summed E-state index contributed by atoms with van der Waals surface area (Å²) in [5, 5.41) is 8.66. The predicted molar refractivity (Wildman–Crippen MR) is 70.3 cm³/mol. The first-order valence-corrected chi connectivity index (χ1v) is 7.35. The lowest BCUT2D eigenvalue weighted by Crippen LogP contribution is -2.26. The van der Waals surface area contributed by atoms with Gasteiger partial charge in [0.25, 0.3) is 0 Å². The quantitative estimate of drug-likeness (QED) is 0.787. The largest absolute Gasteiger partial charge is 0.495 e. The summed E-state index contributed by atoms with van der Waals surface area (Å²) in [6.45, 7) is -0.269. The standard InChI is InChI=1S/C13H15NO4S/c1-18-12-7-4-10(3-2-8-15)9-13(12)19(16,17)14-11-5-6-11/h4,7,9,11,14-15H,5-6,8H2,1H3. The molecule has 1 aromatic carbocycles. The van der Waals surface area contributed by atoms with Crippen LogP contribution >= 0.6 is 0 Å².